The maximum absolute atomic E-state index is 14.5. The van der Waals surface area contributed by atoms with Gasteiger partial charge in [-0.05, 0) is 97.4 Å². The number of carbonyl (C=O) groups excluding carboxylic acids is 3. The van der Waals surface area contributed by atoms with Gasteiger partial charge in [0.25, 0.3) is 5.91 Å². The van der Waals surface area contributed by atoms with E-state index in [1.807, 2.05) is 13.0 Å². The smallest absolute Gasteiger partial charge is 0.302 e. The van der Waals surface area contributed by atoms with E-state index in [-0.39, 0.29) is 81.7 Å². The molecule has 0 aromatic rings. The Hall–Kier alpha value is -1.73. The third-order valence-electron chi connectivity index (χ3n) is 13.9. The van der Waals surface area contributed by atoms with Crippen molar-refractivity contribution in [2.45, 2.75) is 119 Å². The van der Waals surface area contributed by atoms with E-state index in [0.29, 0.717) is 17.9 Å². The van der Waals surface area contributed by atoms with E-state index >= 15 is 0 Å². The zero-order valence-corrected chi connectivity index (χ0v) is 26.6. The fraction of sp³-hybridized carbons (Fsp3) is 0.853. The summed E-state index contributed by atoms with van der Waals surface area (Å²) in [6.45, 7) is 17.0. The number of hydroxylamine groups is 2. The molecule has 0 radical (unpaired) electrons. The summed E-state index contributed by atoms with van der Waals surface area (Å²) >= 11 is 0. The molecule has 230 valence electrons. The number of esters is 1. The van der Waals surface area contributed by atoms with Gasteiger partial charge in [-0.25, -0.2) is 5.06 Å². The van der Waals surface area contributed by atoms with Crippen LogP contribution in [0.25, 0.3) is 0 Å². The molecule has 0 aromatic heterocycles. The highest BCUT2D eigenvalue weighted by atomic mass is 16.5. The lowest BCUT2D eigenvalue weighted by Crippen LogP contribution is -2.66. The number of nitrogens with zero attached hydrogens (tertiary/aromatic N) is 1. The summed E-state index contributed by atoms with van der Waals surface area (Å²) in [5, 5.41) is 20.4. The van der Waals surface area contributed by atoms with Gasteiger partial charge in [0.2, 0.25) is 0 Å². The minimum atomic E-state index is -0.739. The van der Waals surface area contributed by atoms with E-state index in [0.717, 1.165) is 44.9 Å². The Morgan fingerprint density at radius 1 is 0.976 bits per heavy atom. The number of aliphatic hydroxyl groups excluding tert-OH is 1. The van der Waals surface area contributed by atoms with Crippen LogP contribution in [-0.2, 0) is 19.1 Å². The maximum atomic E-state index is 14.5. The van der Waals surface area contributed by atoms with Gasteiger partial charge in [-0.15, -0.1) is 0 Å². The Labute approximate surface area is 246 Å². The van der Waals surface area contributed by atoms with Crippen molar-refractivity contribution in [3.63, 3.8) is 0 Å². The van der Waals surface area contributed by atoms with Gasteiger partial charge in [-0.1, -0.05) is 54.0 Å². The largest absolute Gasteiger partial charge is 0.462 e. The van der Waals surface area contributed by atoms with Crippen molar-refractivity contribution in [3.8, 4) is 0 Å². The number of ketones is 1. The van der Waals surface area contributed by atoms with Gasteiger partial charge < -0.3 is 9.84 Å². The van der Waals surface area contributed by atoms with Crippen LogP contribution in [0.2, 0.25) is 0 Å². The van der Waals surface area contributed by atoms with Crippen LogP contribution in [0.3, 0.4) is 0 Å². The Morgan fingerprint density at radius 2 is 1.63 bits per heavy atom. The molecule has 5 rings (SSSR count). The summed E-state index contributed by atoms with van der Waals surface area (Å²) in [6, 6.07) is 0. The van der Waals surface area contributed by atoms with E-state index in [2.05, 4.69) is 41.5 Å². The third kappa shape index (κ3) is 4.22. The lowest BCUT2D eigenvalue weighted by Gasteiger charge is -2.70. The Bertz CT molecular complexity index is 1160. The average Bonchev–Trinajstić information content (AvgIpc) is 2.87. The van der Waals surface area contributed by atoms with Gasteiger partial charge in [0.1, 0.15) is 6.10 Å². The maximum Gasteiger partial charge on any atom is 0.302 e. The Morgan fingerprint density at radius 3 is 2.27 bits per heavy atom. The lowest BCUT2D eigenvalue weighted by atomic mass is 9.33. The first-order valence-electron chi connectivity index (χ1n) is 15.9. The van der Waals surface area contributed by atoms with E-state index < -0.39 is 5.41 Å². The van der Waals surface area contributed by atoms with E-state index in [4.69, 9.17) is 4.74 Å². The van der Waals surface area contributed by atoms with Gasteiger partial charge in [-0.2, -0.15) is 0 Å². The summed E-state index contributed by atoms with van der Waals surface area (Å²) in [4.78, 5) is 39.8. The van der Waals surface area contributed by atoms with Gasteiger partial charge in [0.05, 0.1) is 13.2 Å². The number of hydrogen-bond acceptors (Lipinski definition) is 6. The number of rotatable bonds is 4. The van der Waals surface area contributed by atoms with Crippen LogP contribution >= 0.6 is 0 Å². The molecule has 7 heteroatoms. The standard InChI is InChI=1S/C34H53NO6/c1-21(37)41-26-10-11-32(6)25(29(26,2)3)9-12-34(8)27(32)24(38)19-22-23-20-31(5,28(39)35(40)17-18-36)14-13-30(23,4)15-16-33(22,34)7/h19,23,25-27,36,40H,9-18,20H2,1-8H3/t23-,25?,26-,27+,30+,31-,32-,33+,34+/m0/s1. The molecule has 0 aromatic carbocycles. The van der Waals surface area contributed by atoms with Crippen LogP contribution in [0, 0.1) is 50.2 Å². The van der Waals surface area contributed by atoms with Gasteiger partial charge >= 0.3 is 5.97 Å². The monoisotopic (exact) mass is 571 g/mol. The molecule has 1 amide bonds. The second-order valence-electron chi connectivity index (χ2n) is 16.4. The first-order valence-corrected chi connectivity index (χ1v) is 15.9. The minimum Gasteiger partial charge on any atom is -0.462 e. The molecule has 5 aliphatic rings. The second kappa shape index (κ2) is 9.64. The van der Waals surface area contributed by atoms with Crippen molar-refractivity contribution in [2.75, 3.05) is 13.2 Å². The molecule has 7 nitrogen and oxygen atoms in total. The highest BCUT2D eigenvalue weighted by Gasteiger charge is 2.70. The van der Waals surface area contributed by atoms with Crippen molar-refractivity contribution >= 4 is 17.7 Å². The number of amides is 1. The summed E-state index contributed by atoms with van der Waals surface area (Å²) in [6.07, 6.45) is 9.75. The van der Waals surface area contributed by atoms with Crippen molar-refractivity contribution in [2.24, 2.45) is 50.2 Å². The SMILES string of the molecule is CC(=O)O[C@H]1CC[C@@]2(C)C(CC[C@]3(C)[C@@H]2C(=O)C=C2[C@@H]4C[C@@](C)(C(=O)N(O)CCO)CC[C@]4(C)CC[C@]23C)C1(C)C. The molecule has 4 fully saturated rings. The van der Waals surface area contributed by atoms with Gasteiger partial charge in [-0.3, -0.25) is 19.6 Å². The Kier molecular flexibility index (Phi) is 7.22. The molecule has 9 atom stereocenters. The first-order chi connectivity index (χ1) is 18.9. The van der Waals surface area contributed by atoms with Crippen molar-refractivity contribution < 1.29 is 29.4 Å². The number of ether oxygens (including phenoxy) is 1. The minimum absolute atomic E-state index is 0.0110. The summed E-state index contributed by atoms with van der Waals surface area (Å²) in [7, 11) is 0. The number of allylic oxidation sites excluding steroid dienone is 2. The van der Waals surface area contributed by atoms with Crippen LogP contribution in [0.1, 0.15) is 113 Å². The molecule has 4 saturated carbocycles. The van der Waals surface area contributed by atoms with Crippen molar-refractivity contribution in [3.05, 3.63) is 11.6 Å². The molecule has 0 bridgehead atoms. The predicted molar refractivity (Wildman–Crippen MR) is 156 cm³/mol. The predicted octanol–water partition coefficient (Wildman–Crippen LogP) is 6.11. The van der Waals surface area contributed by atoms with Gasteiger partial charge in [0.15, 0.2) is 5.78 Å². The van der Waals surface area contributed by atoms with Crippen LogP contribution in [-0.4, -0.2) is 52.3 Å². The normalized spacial score (nSPS) is 46.7. The van der Waals surface area contributed by atoms with Crippen molar-refractivity contribution in [1.29, 1.82) is 0 Å². The molecular formula is C34H53NO6. The molecule has 2 N–H and O–H groups in total. The Balaban J connectivity index is 1.54. The highest BCUT2D eigenvalue weighted by Crippen LogP contribution is 2.75. The summed E-state index contributed by atoms with van der Waals surface area (Å²) in [5.74, 6) is -0.0491. The molecule has 5 aliphatic carbocycles. The number of hydrogen-bond donors (Lipinski definition) is 2. The van der Waals surface area contributed by atoms with E-state index in [1.165, 1.54) is 12.5 Å². The lowest BCUT2D eigenvalue weighted by molar-refractivity contribution is -0.211. The fourth-order valence-corrected chi connectivity index (χ4v) is 11.3. The topological polar surface area (TPSA) is 104 Å². The molecule has 1 unspecified atom stereocenters. The molecule has 41 heavy (non-hydrogen) atoms. The zero-order chi connectivity index (χ0) is 30.4. The highest BCUT2D eigenvalue weighted by molar-refractivity contribution is 5.95. The molecular weight excluding hydrogens is 518 g/mol. The fourth-order valence-electron chi connectivity index (χ4n) is 11.3. The first kappa shape index (κ1) is 30.7. The number of carbonyl (C=O) groups is 3. The van der Waals surface area contributed by atoms with Crippen molar-refractivity contribution in [1.82, 2.24) is 5.06 Å². The van der Waals surface area contributed by atoms with Crippen LogP contribution in [0.5, 0.6) is 0 Å². The summed E-state index contributed by atoms with van der Waals surface area (Å²) in [5.41, 5.74) is -0.264. The average molecular weight is 572 g/mol. The number of fused-ring (bicyclic) bond motifs is 7. The van der Waals surface area contributed by atoms with E-state index in [9.17, 15) is 24.7 Å². The number of aliphatic hydroxyl groups is 1. The summed E-state index contributed by atoms with van der Waals surface area (Å²) < 4.78 is 5.84. The molecule has 0 spiro atoms. The van der Waals surface area contributed by atoms with E-state index in [1.54, 1.807) is 0 Å². The second-order valence-corrected chi connectivity index (χ2v) is 16.4. The zero-order valence-electron chi connectivity index (χ0n) is 26.6. The third-order valence-corrected chi connectivity index (χ3v) is 13.9. The van der Waals surface area contributed by atoms with Crippen LogP contribution < -0.4 is 0 Å². The van der Waals surface area contributed by atoms with Crippen LogP contribution in [0.4, 0.5) is 0 Å². The molecule has 0 heterocycles. The molecule has 0 saturated heterocycles. The van der Waals surface area contributed by atoms with Gasteiger partial charge in [0, 0.05) is 23.7 Å². The molecule has 0 aliphatic heterocycles. The van der Waals surface area contributed by atoms with Crippen LogP contribution in [0.15, 0.2) is 11.6 Å². The quantitative estimate of drug-likeness (QED) is 0.240.